The molecule has 42 atom stereocenters. The third-order valence-corrected chi connectivity index (χ3v) is 49.1. The summed E-state index contributed by atoms with van der Waals surface area (Å²) in [6.45, 7) is 4.25. The van der Waals surface area contributed by atoms with E-state index < -0.39 is 0 Å². The van der Waals surface area contributed by atoms with Crippen LogP contribution in [0.2, 0.25) is 0 Å². The molecule has 0 aromatic heterocycles. The van der Waals surface area contributed by atoms with Crippen molar-refractivity contribution in [1.29, 1.82) is 0 Å². The van der Waals surface area contributed by atoms with Gasteiger partial charge in [0, 0.05) is 34.1 Å². The summed E-state index contributed by atoms with van der Waals surface area (Å²) >= 11 is 0. The van der Waals surface area contributed by atoms with E-state index in [0.29, 0.717) is 0 Å². The van der Waals surface area contributed by atoms with E-state index in [9.17, 15) is 0 Å². The second-order valence-electron chi connectivity index (χ2n) is 38.3. The van der Waals surface area contributed by atoms with Crippen LogP contribution < -0.4 is 29.6 Å². The van der Waals surface area contributed by atoms with E-state index in [4.69, 9.17) is 0 Å². The third kappa shape index (κ3) is 0.994. The smallest absolute Gasteiger partial charge is 1.00 e. The minimum atomic E-state index is 0. The minimum absolute atomic E-state index is 0. The zero-order valence-corrected chi connectivity index (χ0v) is 51.3. The van der Waals surface area contributed by atoms with Gasteiger partial charge in [0.1, 0.15) is 0 Å². The Bertz CT molecular complexity index is 3120. The van der Waals surface area contributed by atoms with Crippen molar-refractivity contribution in [2.75, 3.05) is 0 Å². The van der Waals surface area contributed by atoms with Crippen LogP contribution in [0.1, 0.15) is 78.8 Å². The Balaban J connectivity index is 0.0000000806. The molecule has 6 heteroatoms. The van der Waals surface area contributed by atoms with Crippen molar-refractivity contribution in [2.45, 2.75) is 71.6 Å². The molecule has 0 aromatic rings. The number of hydrogen-bond donors (Lipinski definition) is 0. The van der Waals surface area contributed by atoms with Gasteiger partial charge in [-0.05, 0) is 347 Å². The summed E-state index contributed by atoms with van der Waals surface area (Å²) in [5, 5.41) is 0. The predicted molar refractivity (Wildman–Crippen MR) is 245 cm³/mol. The van der Waals surface area contributed by atoms with Crippen molar-refractivity contribution in [3.8, 4) is 0 Å². The minimum Gasteiger partial charge on any atom is -1.00 e. The van der Waals surface area contributed by atoms with Gasteiger partial charge in [-0.15, -0.1) is 0 Å². The molecule has 40 aliphatic rings. The van der Waals surface area contributed by atoms with Crippen LogP contribution in [-0.2, 0) is 34.1 Å². The first-order valence-electron chi connectivity index (χ1n) is 31.2. The van der Waals surface area contributed by atoms with Gasteiger partial charge in [0.15, 0.2) is 0 Å². The van der Waals surface area contributed by atoms with Gasteiger partial charge in [0.25, 0.3) is 0 Å². The summed E-state index contributed by atoms with van der Waals surface area (Å²) in [5.41, 5.74) is 26.9. The zero-order valence-electron chi connectivity index (χ0n) is 45.2. The van der Waals surface area contributed by atoms with E-state index in [1.54, 1.807) is 51.4 Å². The van der Waals surface area contributed by atoms with Gasteiger partial charge in [-0.3, -0.25) is 0 Å². The van der Waals surface area contributed by atoms with Gasteiger partial charge in [-0.2, -0.15) is 13.5 Å². The average Bonchev–Trinajstić information content (AvgIpc) is 3.15. The van der Waals surface area contributed by atoms with Crippen molar-refractivity contribution >= 4 is 49.4 Å². The first-order valence-corrected chi connectivity index (χ1v) is 31.2. The van der Waals surface area contributed by atoms with Crippen LogP contribution in [-0.4, -0.2) is 35.9 Å². The van der Waals surface area contributed by atoms with Crippen molar-refractivity contribution in [3.63, 3.8) is 0 Å². The summed E-state index contributed by atoms with van der Waals surface area (Å²) in [6.07, 6.45) is 15.6. The SMILES string of the molecule is C1C2C3C4CC5C6C7C8CC9C%10C%11CC%12C%13C%14C1C21C32C45C63C74C98C%105C%11%12C%136C%141C23C564.C1C2C3C4CC5C6C7C8CC9C%10C%11CC%12C%13C%14C1C21C32C45C63C74C98C%105C%11%12C%136C%141C23C564.CCC.S.[3H-].[3H-].[3H-].[3H-].[AsH3].[AsH3].[Fe].[Fe].[H-].[Na+]. The van der Waals surface area contributed by atoms with Crippen LogP contribution in [0, 0.1) is 296 Å². The van der Waals surface area contributed by atoms with E-state index in [2.05, 4.69) is 13.8 Å². The fraction of sp³-hybridized carbons (Fsp3) is 1.00. The zero-order chi connectivity index (χ0) is 36.5. The van der Waals surface area contributed by atoms with Crippen LogP contribution in [0.4, 0.5) is 0 Å². The summed E-state index contributed by atoms with van der Waals surface area (Å²) in [6, 6.07) is 0. The topological polar surface area (TPSA) is 0 Å². The van der Waals surface area contributed by atoms with Gasteiger partial charge < -0.3 is 7.13 Å². The molecule has 0 N–H and O–H groups in total. The van der Waals surface area contributed by atoms with E-state index in [1.165, 1.54) is 172 Å². The maximum absolute atomic E-state index is 2.12. The molecule has 0 nitrogen and oxygen atoms in total. The summed E-state index contributed by atoms with van der Waals surface area (Å²) in [7, 11) is 0. The molecule has 0 aliphatic heterocycles. The van der Waals surface area contributed by atoms with Gasteiger partial charge in [0.2, 0.25) is 0 Å². The van der Waals surface area contributed by atoms with Crippen molar-refractivity contribution < 1.29 is 70.8 Å². The molecule has 0 radical (unpaired) electrons. The fourth-order valence-corrected chi connectivity index (χ4v) is 60.3. The first-order chi connectivity index (χ1) is 31.2. The maximum atomic E-state index is 2.12. The standard InChI is InChI=1S/2C30H22.C3H8.2AsH3.2Fe.Na.H2S.5H/c2*1-5-13-6-2-11-17-18-12-4-8-14-7-3-10-16-15-9(1)19(5)23(13)20(6,11)27(17)28(18)22(8,12)24(14)21(7,10)26(16)25(15,19)29(23,27)30(24,26)28;1-3-2;;;;;;;;;;;/h2*5-18H,1-4H2;3H2,1-2H3;2*1H3;;;;1H2;;;;;/q;;;;;;;+1;;5*-1/i;;;;;;;;;4*1+2;. The molecular formula is C63H65As2Fe2NaS-4. The molecule has 42 unspecified atom stereocenters. The average molecular weight is 1150 g/mol. The van der Waals surface area contributed by atoms with Crippen LogP contribution in [0.5, 0.6) is 0 Å². The Morgan fingerprint density at radius 3 is 0.522 bits per heavy atom. The largest absolute Gasteiger partial charge is 1.00 e. The second kappa shape index (κ2) is 6.15. The third-order valence-electron chi connectivity index (χ3n) is 49.1. The first kappa shape index (κ1) is 34.6. The van der Waals surface area contributed by atoms with Crippen LogP contribution in [0.15, 0.2) is 0 Å². The molecule has 0 aromatic carbocycles. The normalized spacial score (nSPS) is 114. The fourth-order valence-electron chi connectivity index (χ4n) is 60.3. The molecule has 0 saturated heterocycles. The summed E-state index contributed by atoms with van der Waals surface area (Å²) < 4.78 is 0. The number of hydrogen-bond acceptors (Lipinski definition) is 0. The molecule has 0 amide bonds. The van der Waals surface area contributed by atoms with Crippen molar-refractivity contribution in [2.24, 2.45) is 296 Å². The molecule has 40 rings (SSSR count). The van der Waals surface area contributed by atoms with Crippen LogP contribution in [0.3, 0.4) is 0 Å². The van der Waals surface area contributed by atoms with E-state index in [-0.39, 0.29) is 120 Å². The van der Waals surface area contributed by atoms with Crippen molar-refractivity contribution in [3.05, 3.63) is 0 Å². The van der Waals surface area contributed by atoms with Gasteiger partial charge in [-0.25, -0.2) is 0 Å². The van der Waals surface area contributed by atoms with E-state index in [1.807, 2.05) is 0 Å². The van der Waals surface area contributed by atoms with Gasteiger partial charge in [0.05, 0.1) is 0 Å². The monoisotopic (exact) mass is 1150 g/mol. The summed E-state index contributed by atoms with van der Waals surface area (Å²) in [5.74, 6) is 38.1. The molecular weight excluding hydrogens is 1070 g/mol. The molecule has 40 saturated carbocycles. The van der Waals surface area contributed by atoms with E-state index >= 15 is 0 Å². The number of rotatable bonds is 0. The van der Waals surface area contributed by atoms with Crippen LogP contribution >= 0.6 is 13.5 Å². The quantitative estimate of drug-likeness (QED) is 0.328. The second-order valence-corrected chi connectivity index (χ2v) is 38.3. The molecule has 0 bridgehead atoms. The van der Waals surface area contributed by atoms with Crippen LogP contribution in [0.25, 0.3) is 0 Å². The Kier molecular flexibility index (Phi) is 3.08. The predicted octanol–water partition coefficient (Wildman–Crippen LogP) is 3.29. The van der Waals surface area contributed by atoms with Gasteiger partial charge >= 0.3 is 65.5 Å². The van der Waals surface area contributed by atoms with Crippen molar-refractivity contribution in [1.82, 2.24) is 0 Å². The number of fused-ring (bicyclic) bond motifs is 20. The Labute approximate surface area is 482 Å². The maximum Gasteiger partial charge on any atom is 1.00 e. The van der Waals surface area contributed by atoms with E-state index in [0.717, 1.165) is 130 Å². The summed E-state index contributed by atoms with van der Waals surface area (Å²) in [4.78, 5) is 0. The Morgan fingerprint density at radius 2 is 0.391 bits per heavy atom. The molecule has 69 heavy (non-hydrogen) atoms. The van der Waals surface area contributed by atoms with Gasteiger partial charge in [-0.1, -0.05) is 20.3 Å². The molecule has 24 spiro atoms. The molecule has 40 fully saturated rings. The molecule has 354 valence electrons. The molecule has 40 aliphatic carbocycles. The Morgan fingerprint density at radius 1 is 0.275 bits per heavy atom. The Hall–Kier alpha value is 3.51. The molecule has 0 heterocycles.